The molecule has 1 amide bonds. The van der Waals surface area contributed by atoms with Crippen molar-refractivity contribution in [1.82, 2.24) is 14.7 Å². The molecule has 0 saturated heterocycles. The van der Waals surface area contributed by atoms with Gasteiger partial charge in [0.05, 0.1) is 12.8 Å². The lowest BCUT2D eigenvalue weighted by Crippen LogP contribution is -2.44. The van der Waals surface area contributed by atoms with E-state index < -0.39 is 18.0 Å². The number of hydrogen-bond donors (Lipinski definition) is 1. The smallest absolute Gasteiger partial charge is 0.341 e. The molecular weight excluding hydrogens is 326 g/mol. The van der Waals surface area contributed by atoms with Gasteiger partial charge in [0, 0.05) is 19.3 Å². The largest absolute Gasteiger partial charge is 0.465 e. The maximum atomic E-state index is 12.2. The fraction of sp³-hybridized carbons (Fsp3) is 0.412. The number of esters is 2. The zero-order valence-electron chi connectivity index (χ0n) is 14.6. The van der Waals surface area contributed by atoms with Crippen molar-refractivity contribution in [2.45, 2.75) is 33.4 Å². The summed E-state index contributed by atoms with van der Waals surface area (Å²) < 4.78 is 11.6. The molecule has 0 aliphatic rings. The number of carbonyl (C=O) groups is 3. The minimum absolute atomic E-state index is 0.0655. The summed E-state index contributed by atoms with van der Waals surface area (Å²) in [5.74, 6) is -1.43. The average Bonchev–Trinajstić information content (AvgIpc) is 2.99. The van der Waals surface area contributed by atoms with E-state index in [1.807, 2.05) is 13.8 Å². The van der Waals surface area contributed by atoms with Gasteiger partial charge in [-0.15, -0.1) is 0 Å². The lowest BCUT2D eigenvalue weighted by Gasteiger charge is -2.19. The van der Waals surface area contributed by atoms with Gasteiger partial charge < -0.3 is 19.2 Å². The summed E-state index contributed by atoms with van der Waals surface area (Å²) in [6.45, 7) is 4.91. The van der Waals surface area contributed by atoms with E-state index in [4.69, 9.17) is 9.47 Å². The molecule has 1 N–H and O–H groups in total. The van der Waals surface area contributed by atoms with E-state index in [1.54, 1.807) is 28.9 Å². The van der Waals surface area contributed by atoms with Gasteiger partial charge in [-0.1, -0.05) is 13.8 Å². The molecular formula is C17H21N3O5. The average molecular weight is 347 g/mol. The van der Waals surface area contributed by atoms with Crippen LogP contribution in [-0.2, 0) is 25.7 Å². The fourth-order valence-electron chi connectivity index (χ4n) is 2.35. The molecule has 8 heteroatoms. The molecule has 25 heavy (non-hydrogen) atoms. The second-order valence-electron chi connectivity index (χ2n) is 5.91. The van der Waals surface area contributed by atoms with Gasteiger partial charge in [-0.2, -0.15) is 0 Å². The van der Waals surface area contributed by atoms with E-state index in [2.05, 4.69) is 10.3 Å². The van der Waals surface area contributed by atoms with Crippen molar-refractivity contribution in [2.75, 3.05) is 7.11 Å². The van der Waals surface area contributed by atoms with Crippen molar-refractivity contribution in [1.29, 1.82) is 0 Å². The zero-order chi connectivity index (χ0) is 18.6. The number of rotatable bonds is 6. The SMILES string of the molecule is COC(=O)c1cccn2cc(COC(=O)C(NC(C)=O)C(C)C)nc12. The molecule has 0 fully saturated rings. The summed E-state index contributed by atoms with van der Waals surface area (Å²) in [7, 11) is 1.30. The Hall–Kier alpha value is -2.90. The van der Waals surface area contributed by atoms with Gasteiger partial charge in [0.1, 0.15) is 18.2 Å². The third-order valence-corrected chi connectivity index (χ3v) is 3.58. The standard InChI is InChI=1S/C17H21N3O5/c1-10(2)14(18-11(3)21)17(23)25-9-12-8-20-7-5-6-13(15(20)19-12)16(22)24-4/h5-8,10,14H,9H2,1-4H3,(H,18,21). The van der Waals surface area contributed by atoms with Crippen LogP contribution in [0.2, 0.25) is 0 Å². The van der Waals surface area contributed by atoms with Gasteiger partial charge in [-0.3, -0.25) is 4.79 Å². The van der Waals surface area contributed by atoms with Crippen LogP contribution in [0.3, 0.4) is 0 Å². The van der Waals surface area contributed by atoms with E-state index in [-0.39, 0.29) is 18.4 Å². The number of pyridine rings is 1. The third kappa shape index (κ3) is 4.34. The highest BCUT2D eigenvalue weighted by Gasteiger charge is 2.25. The number of carbonyl (C=O) groups excluding carboxylic acids is 3. The molecule has 1 unspecified atom stereocenters. The second-order valence-corrected chi connectivity index (χ2v) is 5.91. The van der Waals surface area contributed by atoms with E-state index in [0.717, 1.165) is 0 Å². The molecule has 0 saturated carbocycles. The van der Waals surface area contributed by atoms with Gasteiger partial charge in [-0.05, 0) is 18.1 Å². The van der Waals surface area contributed by atoms with Crippen LogP contribution < -0.4 is 5.32 Å². The van der Waals surface area contributed by atoms with Crippen molar-refractivity contribution in [3.05, 3.63) is 35.8 Å². The number of aromatic nitrogens is 2. The molecule has 8 nitrogen and oxygen atoms in total. The van der Waals surface area contributed by atoms with E-state index >= 15 is 0 Å². The van der Waals surface area contributed by atoms with Crippen molar-refractivity contribution in [3.8, 4) is 0 Å². The van der Waals surface area contributed by atoms with Crippen molar-refractivity contribution >= 4 is 23.5 Å². The van der Waals surface area contributed by atoms with Crippen molar-refractivity contribution < 1.29 is 23.9 Å². The molecule has 2 heterocycles. The molecule has 0 radical (unpaired) electrons. The lowest BCUT2D eigenvalue weighted by molar-refractivity contribution is -0.150. The predicted octanol–water partition coefficient (Wildman–Crippen LogP) is 1.32. The number of amides is 1. The highest BCUT2D eigenvalue weighted by atomic mass is 16.5. The van der Waals surface area contributed by atoms with Gasteiger partial charge in [0.15, 0.2) is 5.65 Å². The highest BCUT2D eigenvalue weighted by molar-refractivity contribution is 5.95. The number of nitrogens with zero attached hydrogens (tertiary/aromatic N) is 2. The van der Waals surface area contributed by atoms with Gasteiger partial charge in [0.25, 0.3) is 0 Å². The van der Waals surface area contributed by atoms with Crippen LogP contribution in [0.5, 0.6) is 0 Å². The van der Waals surface area contributed by atoms with Gasteiger partial charge in [-0.25, -0.2) is 14.6 Å². The van der Waals surface area contributed by atoms with Crippen molar-refractivity contribution in [3.63, 3.8) is 0 Å². The molecule has 134 valence electrons. The molecule has 2 aromatic heterocycles. The Balaban J connectivity index is 2.14. The number of methoxy groups -OCH3 is 1. The first-order chi connectivity index (χ1) is 11.8. The Morgan fingerprint density at radius 2 is 2.04 bits per heavy atom. The lowest BCUT2D eigenvalue weighted by atomic mass is 10.0. The molecule has 0 aromatic carbocycles. The summed E-state index contributed by atoms with van der Waals surface area (Å²) in [6.07, 6.45) is 3.39. The van der Waals surface area contributed by atoms with Gasteiger partial charge in [0.2, 0.25) is 5.91 Å². The highest BCUT2D eigenvalue weighted by Crippen LogP contribution is 2.14. The Bertz CT molecular complexity index is 797. The van der Waals surface area contributed by atoms with E-state index in [0.29, 0.717) is 16.9 Å². The van der Waals surface area contributed by atoms with E-state index in [1.165, 1.54) is 14.0 Å². The number of nitrogens with one attached hydrogen (secondary N) is 1. The van der Waals surface area contributed by atoms with Crippen LogP contribution in [0, 0.1) is 5.92 Å². The first-order valence-electron chi connectivity index (χ1n) is 7.82. The van der Waals surface area contributed by atoms with Gasteiger partial charge >= 0.3 is 11.9 Å². The van der Waals surface area contributed by atoms with Crippen LogP contribution in [0.1, 0.15) is 36.8 Å². The molecule has 1 atom stereocenters. The van der Waals surface area contributed by atoms with Crippen molar-refractivity contribution in [2.24, 2.45) is 5.92 Å². The molecule has 0 bridgehead atoms. The predicted molar refractivity (Wildman–Crippen MR) is 88.8 cm³/mol. The Morgan fingerprint density at radius 3 is 2.64 bits per heavy atom. The molecule has 0 aliphatic carbocycles. The Kier molecular flexibility index (Phi) is 5.74. The number of fused-ring (bicyclic) bond motifs is 1. The number of ether oxygens (including phenoxy) is 2. The molecule has 2 rings (SSSR count). The fourth-order valence-corrected chi connectivity index (χ4v) is 2.35. The summed E-state index contributed by atoms with van der Waals surface area (Å²) >= 11 is 0. The topological polar surface area (TPSA) is 99.0 Å². The normalized spacial score (nSPS) is 12.0. The molecule has 2 aromatic rings. The van der Waals surface area contributed by atoms with E-state index in [9.17, 15) is 14.4 Å². The molecule has 0 aliphatic heterocycles. The Labute approximate surface area is 145 Å². The summed E-state index contributed by atoms with van der Waals surface area (Å²) in [6, 6.07) is 2.58. The van der Waals surface area contributed by atoms with Crippen LogP contribution in [0.15, 0.2) is 24.5 Å². The summed E-state index contributed by atoms with van der Waals surface area (Å²) in [5, 5.41) is 2.57. The quantitative estimate of drug-likeness (QED) is 0.792. The van der Waals surface area contributed by atoms with Crippen LogP contribution >= 0.6 is 0 Å². The second kappa shape index (κ2) is 7.78. The third-order valence-electron chi connectivity index (χ3n) is 3.58. The Morgan fingerprint density at radius 1 is 1.32 bits per heavy atom. The summed E-state index contributed by atoms with van der Waals surface area (Å²) in [5.41, 5.74) is 1.22. The summed E-state index contributed by atoms with van der Waals surface area (Å²) in [4.78, 5) is 39.5. The minimum Gasteiger partial charge on any atom is -0.465 e. The molecule has 0 spiro atoms. The maximum absolute atomic E-state index is 12.2. The number of hydrogen-bond acceptors (Lipinski definition) is 6. The minimum atomic E-state index is -0.722. The van der Waals surface area contributed by atoms with Crippen LogP contribution in [-0.4, -0.2) is 40.4 Å². The monoisotopic (exact) mass is 347 g/mol. The van der Waals surface area contributed by atoms with Crippen LogP contribution in [0.25, 0.3) is 5.65 Å². The maximum Gasteiger partial charge on any atom is 0.341 e. The first kappa shape index (κ1) is 18.4. The zero-order valence-corrected chi connectivity index (χ0v) is 14.6. The first-order valence-corrected chi connectivity index (χ1v) is 7.82. The van der Waals surface area contributed by atoms with Crippen LogP contribution in [0.4, 0.5) is 0 Å². The number of imidazole rings is 1.